The van der Waals surface area contributed by atoms with E-state index in [1.807, 2.05) is 43.3 Å². The summed E-state index contributed by atoms with van der Waals surface area (Å²) in [6.07, 6.45) is 0. The number of rotatable bonds is 5. The van der Waals surface area contributed by atoms with E-state index in [4.69, 9.17) is 17.3 Å². The Balaban J connectivity index is 1.71. The Hall–Kier alpha value is -2.77. The van der Waals surface area contributed by atoms with E-state index < -0.39 is 11.9 Å². The van der Waals surface area contributed by atoms with E-state index in [2.05, 4.69) is 15.6 Å². The first kappa shape index (κ1) is 21.0. The maximum absolute atomic E-state index is 12.3. The Morgan fingerprint density at radius 2 is 1.93 bits per heavy atom. The lowest BCUT2D eigenvalue weighted by Gasteiger charge is -2.25. The van der Waals surface area contributed by atoms with Gasteiger partial charge in [-0.15, -0.1) is 0 Å². The number of carbonyl (C=O) groups is 2. The Kier molecular flexibility index (Phi) is 6.61. The predicted octanol–water partition coefficient (Wildman–Crippen LogP) is 3.78. The number of primary amides is 1. The zero-order valence-corrected chi connectivity index (χ0v) is 17.6. The molecular formula is C21H21ClN4O2S. The van der Waals surface area contributed by atoms with Crippen LogP contribution in [0, 0.1) is 6.92 Å². The average molecular weight is 429 g/mol. The molecule has 3 rings (SSSR count). The van der Waals surface area contributed by atoms with Crippen molar-refractivity contribution in [1.29, 1.82) is 0 Å². The highest BCUT2D eigenvalue weighted by atomic mass is 35.5. The predicted molar refractivity (Wildman–Crippen MR) is 119 cm³/mol. The number of halogens is 1. The van der Waals surface area contributed by atoms with Gasteiger partial charge in [-0.25, -0.2) is 4.99 Å². The SMILES string of the molecule is CC1=C(C(N)=O)[C@H](c2ccccc2)N=C(SCC(=O)Nc2ccc(C)c(Cl)c2)N1. The summed E-state index contributed by atoms with van der Waals surface area (Å²) in [5.74, 6) is -0.554. The summed E-state index contributed by atoms with van der Waals surface area (Å²) in [7, 11) is 0. The molecule has 150 valence electrons. The van der Waals surface area contributed by atoms with Crippen LogP contribution in [-0.4, -0.2) is 22.7 Å². The topological polar surface area (TPSA) is 96.6 Å². The minimum absolute atomic E-state index is 0.151. The summed E-state index contributed by atoms with van der Waals surface area (Å²) < 4.78 is 0. The molecule has 0 aliphatic carbocycles. The minimum atomic E-state index is -0.523. The molecule has 0 saturated heterocycles. The van der Waals surface area contributed by atoms with Crippen molar-refractivity contribution in [3.05, 3.63) is 76.0 Å². The van der Waals surface area contributed by atoms with Crippen LogP contribution >= 0.6 is 23.4 Å². The van der Waals surface area contributed by atoms with Crippen LogP contribution in [0.4, 0.5) is 5.69 Å². The average Bonchev–Trinajstić information content (AvgIpc) is 2.69. The smallest absolute Gasteiger partial charge is 0.248 e. The van der Waals surface area contributed by atoms with Gasteiger partial charge in [-0.2, -0.15) is 0 Å². The molecule has 1 aliphatic heterocycles. The summed E-state index contributed by atoms with van der Waals surface area (Å²) in [5.41, 5.74) is 9.07. The van der Waals surface area contributed by atoms with Crippen molar-refractivity contribution >= 4 is 46.0 Å². The molecule has 0 radical (unpaired) electrons. The van der Waals surface area contributed by atoms with Gasteiger partial charge in [0.05, 0.1) is 11.3 Å². The molecule has 1 atom stereocenters. The van der Waals surface area contributed by atoms with Gasteiger partial charge in [-0.3, -0.25) is 9.59 Å². The third-order valence-corrected chi connectivity index (χ3v) is 5.69. The number of aryl methyl sites for hydroxylation is 1. The summed E-state index contributed by atoms with van der Waals surface area (Å²) in [6, 6.07) is 14.3. The highest BCUT2D eigenvalue weighted by Crippen LogP contribution is 2.31. The molecule has 0 fully saturated rings. The lowest BCUT2D eigenvalue weighted by Crippen LogP contribution is -2.33. The fourth-order valence-electron chi connectivity index (χ4n) is 2.92. The molecule has 1 aliphatic rings. The molecule has 2 aromatic rings. The van der Waals surface area contributed by atoms with Crippen molar-refractivity contribution in [2.75, 3.05) is 11.1 Å². The Bertz CT molecular complexity index is 1000. The third-order valence-electron chi connectivity index (χ3n) is 4.39. The van der Waals surface area contributed by atoms with Gasteiger partial charge in [0.1, 0.15) is 6.04 Å². The fourth-order valence-corrected chi connectivity index (χ4v) is 3.84. The highest BCUT2D eigenvalue weighted by molar-refractivity contribution is 8.14. The Labute approximate surface area is 178 Å². The van der Waals surface area contributed by atoms with Crippen LogP contribution < -0.4 is 16.4 Å². The maximum Gasteiger partial charge on any atom is 0.248 e. The van der Waals surface area contributed by atoms with Gasteiger partial charge in [-0.05, 0) is 37.1 Å². The molecule has 0 saturated carbocycles. The number of nitrogens with zero attached hydrogens (tertiary/aromatic N) is 1. The molecule has 6 nitrogen and oxygen atoms in total. The first-order valence-electron chi connectivity index (χ1n) is 8.94. The number of aliphatic imine (C=N–C) groups is 1. The maximum atomic E-state index is 12.3. The summed E-state index contributed by atoms with van der Waals surface area (Å²) in [6.45, 7) is 3.68. The van der Waals surface area contributed by atoms with E-state index in [0.717, 1.165) is 11.1 Å². The van der Waals surface area contributed by atoms with E-state index in [1.165, 1.54) is 11.8 Å². The molecule has 0 spiro atoms. The van der Waals surface area contributed by atoms with E-state index in [-0.39, 0.29) is 11.7 Å². The minimum Gasteiger partial charge on any atom is -0.366 e. The molecule has 2 amide bonds. The normalized spacial score (nSPS) is 16.1. The summed E-state index contributed by atoms with van der Waals surface area (Å²) >= 11 is 7.35. The van der Waals surface area contributed by atoms with Gasteiger partial charge >= 0.3 is 0 Å². The molecule has 1 heterocycles. The number of amidine groups is 1. The lowest BCUT2D eigenvalue weighted by molar-refractivity contribution is -0.115. The number of anilines is 1. The Morgan fingerprint density at radius 1 is 1.21 bits per heavy atom. The number of amides is 2. The molecule has 8 heteroatoms. The van der Waals surface area contributed by atoms with Crippen molar-refractivity contribution in [1.82, 2.24) is 5.32 Å². The summed E-state index contributed by atoms with van der Waals surface area (Å²) in [5, 5.41) is 7.04. The zero-order chi connectivity index (χ0) is 21.0. The quantitative estimate of drug-likeness (QED) is 0.675. The number of carbonyl (C=O) groups excluding carboxylic acids is 2. The number of benzene rings is 2. The number of hydrogen-bond acceptors (Lipinski definition) is 5. The van der Waals surface area contributed by atoms with Crippen LogP contribution in [0.1, 0.15) is 24.1 Å². The van der Waals surface area contributed by atoms with Crippen molar-refractivity contribution in [2.24, 2.45) is 10.7 Å². The molecule has 29 heavy (non-hydrogen) atoms. The summed E-state index contributed by atoms with van der Waals surface area (Å²) in [4.78, 5) is 28.9. The molecule has 0 bridgehead atoms. The second-order valence-electron chi connectivity index (χ2n) is 6.58. The second kappa shape index (κ2) is 9.15. The van der Waals surface area contributed by atoms with Crippen molar-refractivity contribution in [3.8, 4) is 0 Å². The fraction of sp³-hybridized carbons (Fsp3) is 0.190. The van der Waals surface area contributed by atoms with Crippen LogP contribution in [0.25, 0.3) is 0 Å². The van der Waals surface area contributed by atoms with E-state index in [1.54, 1.807) is 19.1 Å². The van der Waals surface area contributed by atoms with Crippen LogP contribution in [0.2, 0.25) is 5.02 Å². The molecule has 2 aromatic carbocycles. The van der Waals surface area contributed by atoms with Gasteiger partial charge in [0, 0.05) is 16.4 Å². The Morgan fingerprint density at radius 3 is 2.59 bits per heavy atom. The van der Waals surface area contributed by atoms with Crippen molar-refractivity contribution < 1.29 is 9.59 Å². The zero-order valence-electron chi connectivity index (χ0n) is 16.0. The molecule has 0 aromatic heterocycles. The number of nitrogens with two attached hydrogens (primary N) is 1. The first-order chi connectivity index (χ1) is 13.8. The molecule has 0 unspecified atom stereocenters. The standard InChI is InChI=1S/C21H21ClN4O2S/c1-12-8-9-15(10-16(12)22)25-17(27)11-29-21-24-13(2)18(20(23)28)19(26-21)14-6-4-3-5-7-14/h3-10,19H,11H2,1-2H3,(H2,23,28)(H,24,26)(H,25,27)/t19-/m0/s1. The first-order valence-corrected chi connectivity index (χ1v) is 10.3. The van der Waals surface area contributed by atoms with Crippen molar-refractivity contribution in [3.63, 3.8) is 0 Å². The van der Waals surface area contributed by atoms with Crippen LogP contribution in [0.5, 0.6) is 0 Å². The number of thioether (sulfide) groups is 1. The van der Waals surface area contributed by atoms with Gasteiger partial charge in [0.2, 0.25) is 11.8 Å². The third kappa shape index (κ3) is 5.19. The monoisotopic (exact) mass is 428 g/mol. The second-order valence-corrected chi connectivity index (χ2v) is 7.95. The van der Waals surface area contributed by atoms with E-state index in [9.17, 15) is 9.59 Å². The van der Waals surface area contributed by atoms with Gasteiger partial charge < -0.3 is 16.4 Å². The van der Waals surface area contributed by atoms with E-state index in [0.29, 0.717) is 27.1 Å². The van der Waals surface area contributed by atoms with Crippen molar-refractivity contribution in [2.45, 2.75) is 19.9 Å². The number of hydrogen-bond donors (Lipinski definition) is 3. The molecular weight excluding hydrogens is 408 g/mol. The van der Waals surface area contributed by atoms with Gasteiger partial charge in [0.15, 0.2) is 5.17 Å². The van der Waals surface area contributed by atoms with Gasteiger partial charge in [0.25, 0.3) is 0 Å². The van der Waals surface area contributed by atoms with Crippen LogP contribution in [-0.2, 0) is 9.59 Å². The van der Waals surface area contributed by atoms with Gasteiger partial charge in [-0.1, -0.05) is 59.8 Å². The number of allylic oxidation sites excluding steroid dienone is 1. The highest BCUT2D eigenvalue weighted by Gasteiger charge is 2.28. The largest absolute Gasteiger partial charge is 0.366 e. The number of nitrogens with one attached hydrogen (secondary N) is 2. The van der Waals surface area contributed by atoms with Crippen LogP contribution in [0.15, 0.2) is 64.8 Å². The van der Waals surface area contributed by atoms with Crippen LogP contribution in [0.3, 0.4) is 0 Å². The molecule has 4 N–H and O–H groups in total. The van der Waals surface area contributed by atoms with E-state index >= 15 is 0 Å². The lowest BCUT2D eigenvalue weighted by atomic mass is 9.96.